The zero-order valence-electron chi connectivity index (χ0n) is 45.1. The molecule has 0 aliphatic carbocycles. The first kappa shape index (κ1) is 59.3. The molecule has 7 N–H and O–H groups in total. The molecule has 0 unspecified atom stereocenters. The number of carbonyl (C=O) groups excluding carboxylic acids is 5. The lowest BCUT2D eigenvalue weighted by molar-refractivity contribution is -0.137. The van der Waals surface area contributed by atoms with Crippen LogP contribution in [0.15, 0.2) is 70.6 Å². The third-order valence-electron chi connectivity index (χ3n) is 13.2. The number of aliphatic carboxylic acids is 1. The van der Waals surface area contributed by atoms with E-state index in [1.807, 2.05) is 19.9 Å². The molecule has 82 heavy (non-hydrogen) atoms. The molecule has 0 saturated heterocycles. The van der Waals surface area contributed by atoms with E-state index in [1.165, 1.54) is 75.1 Å². The Labute approximate surface area is 494 Å². The predicted octanol–water partition coefficient (Wildman–Crippen LogP) is 9.47. The number of aromatic nitrogens is 7. The molecule has 21 nitrogen and oxygen atoms in total. The number of Topliss-reactive ketones (excluding diaryl/α,β-unsaturated/α-hetero) is 1. The molecular weight excluding hydrogens is 1170 g/mol. The number of ketones is 1. The Hall–Kier alpha value is -7.37. The van der Waals surface area contributed by atoms with Gasteiger partial charge < -0.3 is 41.5 Å². The standard InChI is InChI=1S/C55H56N12O9S6/c1-25(2)31-17-37(68)44-28(5)81-54(67-44)33(18-40(69)56-6)59-49(75)35-22-77-50(61-35)30-14-15-32(52-64-39(24-80-52)63-48(74)26(3)13-16-42(71)72)58-45(30)34-21-78-53(60-34)36-23-79-55(62-36)46(47(73)29-11-9-8-10-12-29)65-41(70)19-57-27(4)43-38(20-76-7)82-51(31)66-43/h8-12,14-15,21-26,31,33,46-47,57,73H,4,13,16-20H2,1-3,5-7H3,(H,56,69)(H,59,75)(H,63,74)(H,65,70)(H,71,72)/t26-,31-,33+,46+,47+/m1/s1. The van der Waals surface area contributed by atoms with Crippen LogP contribution in [-0.2, 0) is 30.5 Å². The van der Waals surface area contributed by atoms with Gasteiger partial charge in [-0.1, -0.05) is 57.7 Å². The SMILES string of the molecule is C=C1NCC(=O)N[C@@H]([C@@H](O)c2ccccc2)c2nc(cs2)-c2nc(cs2)-c2nc(-c3nc(NC(=O)[C@H](C)CCC(=O)O)cs3)ccc2-c2nc(cs2)C(=O)N[C@@H](CC(=O)NC)c2nc(c(C)s2)C(=O)C[C@H](C(C)C)c2nc1c(COC)s2. The van der Waals surface area contributed by atoms with Crippen molar-refractivity contribution in [3.05, 3.63) is 118 Å². The van der Waals surface area contributed by atoms with Crippen LogP contribution in [0, 0.1) is 18.8 Å². The van der Waals surface area contributed by atoms with E-state index in [2.05, 4.69) is 38.1 Å². The number of nitrogens with one attached hydrogen (secondary N) is 5. The summed E-state index contributed by atoms with van der Waals surface area (Å²) >= 11 is 7.54. The maximum atomic E-state index is 14.4. The van der Waals surface area contributed by atoms with Gasteiger partial charge in [-0.05, 0) is 37.0 Å². The number of aliphatic hydroxyl groups is 1. The van der Waals surface area contributed by atoms with Gasteiger partial charge in [0.05, 0.1) is 46.9 Å². The summed E-state index contributed by atoms with van der Waals surface area (Å²) in [6, 6.07) is 10.5. The van der Waals surface area contributed by atoms with Crippen molar-refractivity contribution in [3.8, 4) is 43.4 Å². The number of methoxy groups -OCH3 is 1. The number of ether oxygens (including phenoxy) is 1. The monoisotopic (exact) mass is 1220 g/mol. The van der Waals surface area contributed by atoms with Crippen molar-refractivity contribution in [1.82, 2.24) is 56.2 Å². The first-order valence-electron chi connectivity index (χ1n) is 25.7. The molecular formula is C55H56N12O9S6. The van der Waals surface area contributed by atoms with Crippen molar-refractivity contribution in [2.75, 3.05) is 26.0 Å². The second kappa shape index (κ2) is 26.3. The molecule has 0 fully saturated rings. The summed E-state index contributed by atoms with van der Waals surface area (Å²) in [7, 11) is 3.05. The Balaban J connectivity index is 1.12. The fourth-order valence-electron chi connectivity index (χ4n) is 8.70. The third-order valence-corrected chi connectivity index (χ3v) is 19.0. The summed E-state index contributed by atoms with van der Waals surface area (Å²) < 4.78 is 5.57. The molecule has 27 heteroatoms. The summed E-state index contributed by atoms with van der Waals surface area (Å²) in [5.41, 5.74) is 3.84. The molecule has 426 valence electrons. The number of carboxylic acid groups (broad SMARTS) is 1. The molecule has 8 heterocycles. The van der Waals surface area contributed by atoms with Crippen LogP contribution < -0.4 is 26.6 Å². The van der Waals surface area contributed by atoms with Crippen LogP contribution in [-0.4, -0.2) is 101 Å². The van der Waals surface area contributed by atoms with E-state index in [0.717, 1.165) is 4.88 Å². The quantitative estimate of drug-likeness (QED) is 0.0565. The number of hydrogen-bond acceptors (Lipinski definition) is 22. The van der Waals surface area contributed by atoms with Gasteiger partial charge >= 0.3 is 5.97 Å². The topological polar surface area (TPSA) is 302 Å². The van der Waals surface area contributed by atoms with Gasteiger partial charge in [0.1, 0.15) is 77.2 Å². The number of anilines is 1. The van der Waals surface area contributed by atoms with Gasteiger partial charge in [0.15, 0.2) is 5.78 Å². The van der Waals surface area contributed by atoms with Gasteiger partial charge in [-0.25, -0.2) is 34.9 Å². The highest BCUT2D eigenvalue weighted by atomic mass is 32.1. The second-order valence-electron chi connectivity index (χ2n) is 19.4. The summed E-state index contributed by atoms with van der Waals surface area (Å²) in [5.74, 6) is -3.79. The number of thiazole rings is 6. The van der Waals surface area contributed by atoms with Gasteiger partial charge in [-0.2, -0.15) is 0 Å². The second-order valence-corrected chi connectivity index (χ2v) is 25.2. The van der Waals surface area contributed by atoms with E-state index < -0.39 is 41.9 Å². The fourth-order valence-corrected chi connectivity index (χ4v) is 14.3. The number of carboxylic acids is 1. The van der Waals surface area contributed by atoms with Crippen LogP contribution in [0.25, 0.3) is 49.1 Å². The number of aryl methyl sites for hydroxylation is 1. The van der Waals surface area contributed by atoms with Crippen molar-refractivity contribution >= 4 is 115 Å². The van der Waals surface area contributed by atoms with Crippen molar-refractivity contribution in [1.29, 1.82) is 0 Å². The minimum Gasteiger partial charge on any atom is -0.481 e. The lowest BCUT2D eigenvalue weighted by Gasteiger charge is -2.23. The number of nitrogens with zero attached hydrogens (tertiary/aromatic N) is 7. The molecule has 0 spiro atoms. The third kappa shape index (κ3) is 13.7. The van der Waals surface area contributed by atoms with Gasteiger partial charge in [0, 0.05) is 70.8 Å². The summed E-state index contributed by atoms with van der Waals surface area (Å²) in [6.07, 6.45) is -1.36. The number of pyridine rings is 1. The summed E-state index contributed by atoms with van der Waals surface area (Å²) in [6.45, 7) is 11.6. The van der Waals surface area contributed by atoms with Crippen LogP contribution in [0.2, 0.25) is 0 Å². The van der Waals surface area contributed by atoms with Crippen LogP contribution in [0.5, 0.6) is 0 Å². The fraction of sp³-hybridized carbons (Fsp3) is 0.327. The predicted molar refractivity (Wildman–Crippen MR) is 318 cm³/mol. The van der Waals surface area contributed by atoms with Crippen molar-refractivity contribution in [3.63, 3.8) is 0 Å². The van der Waals surface area contributed by atoms with Gasteiger partial charge in [-0.3, -0.25) is 28.8 Å². The van der Waals surface area contributed by atoms with E-state index in [0.29, 0.717) is 80.2 Å². The largest absolute Gasteiger partial charge is 0.481 e. The van der Waals surface area contributed by atoms with E-state index >= 15 is 0 Å². The number of carbonyl (C=O) groups is 6. The van der Waals surface area contributed by atoms with E-state index in [9.17, 15) is 33.9 Å². The average molecular weight is 1220 g/mol. The highest BCUT2D eigenvalue weighted by Gasteiger charge is 2.33. The summed E-state index contributed by atoms with van der Waals surface area (Å²) in [5, 5.41) is 45.2. The Bertz CT molecular complexity index is 3680. The molecule has 9 rings (SSSR count). The number of benzene rings is 1. The van der Waals surface area contributed by atoms with Crippen molar-refractivity contribution in [2.45, 2.75) is 84.1 Å². The molecule has 8 aromatic rings. The van der Waals surface area contributed by atoms with Gasteiger partial charge in [0.25, 0.3) is 5.91 Å². The minimum absolute atomic E-state index is 0.0427. The van der Waals surface area contributed by atoms with Crippen LogP contribution in [0.4, 0.5) is 5.82 Å². The average Bonchev–Trinajstić information content (AvgIpc) is 4.42. The molecule has 1 aromatic carbocycles. The van der Waals surface area contributed by atoms with Crippen LogP contribution in [0.3, 0.4) is 0 Å². The molecule has 1 aliphatic rings. The lowest BCUT2D eigenvalue weighted by Crippen LogP contribution is -2.38. The van der Waals surface area contributed by atoms with E-state index in [-0.39, 0.29) is 85.5 Å². The van der Waals surface area contributed by atoms with Crippen molar-refractivity contribution < 1.29 is 43.7 Å². The number of aliphatic hydroxyl groups excluding tert-OH is 1. The lowest BCUT2D eigenvalue weighted by atomic mass is 9.90. The van der Waals surface area contributed by atoms with Crippen molar-refractivity contribution in [2.24, 2.45) is 11.8 Å². The van der Waals surface area contributed by atoms with E-state index in [1.54, 1.807) is 78.9 Å². The van der Waals surface area contributed by atoms with Gasteiger partial charge in [-0.15, -0.1) is 68.0 Å². The maximum Gasteiger partial charge on any atom is 0.303 e. The Kier molecular flexibility index (Phi) is 19.0. The Morgan fingerprint density at radius 3 is 2.23 bits per heavy atom. The smallest absolute Gasteiger partial charge is 0.303 e. The summed E-state index contributed by atoms with van der Waals surface area (Å²) in [4.78, 5) is 115. The normalized spacial score (nSPS) is 16.9. The van der Waals surface area contributed by atoms with Crippen LogP contribution >= 0.6 is 68.0 Å². The first-order valence-corrected chi connectivity index (χ1v) is 30.9. The molecule has 7 aromatic heterocycles. The Morgan fingerprint density at radius 2 is 1.49 bits per heavy atom. The molecule has 1 aliphatic heterocycles. The first-order chi connectivity index (χ1) is 39.4. The van der Waals surface area contributed by atoms with E-state index in [4.69, 9.17) is 39.7 Å². The molecule has 5 atom stereocenters. The minimum atomic E-state index is -1.21. The number of rotatable bonds is 13. The zero-order valence-corrected chi connectivity index (χ0v) is 50.0. The zero-order chi connectivity index (χ0) is 58.4. The maximum absolute atomic E-state index is 14.4. The number of amides is 4. The number of fused-ring (bicyclic) bond motifs is 14. The molecule has 0 saturated carbocycles. The molecule has 4 amide bonds. The molecule has 10 bridgehead atoms. The van der Waals surface area contributed by atoms with Gasteiger partial charge in [0.2, 0.25) is 17.7 Å². The Morgan fingerprint density at radius 1 is 0.780 bits per heavy atom. The number of hydrogen-bond donors (Lipinski definition) is 7. The highest BCUT2D eigenvalue weighted by molar-refractivity contribution is 7.15. The highest BCUT2D eigenvalue weighted by Crippen LogP contribution is 2.41. The van der Waals surface area contributed by atoms with Crippen LogP contribution in [0.1, 0.15) is 128 Å². The molecule has 0 radical (unpaired) electrons.